The first-order valence-electron chi connectivity index (χ1n) is 8.17. The van der Waals surface area contributed by atoms with E-state index in [0.29, 0.717) is 12.0 Å². The van der Waals surface area contributed by atoms with Crippen molar-refractivity contribution in [3.05, 3.63) is 10.6 Å². The van der Waals surface area contributed by atoms with Crippen LogP contribution in [0.4, 0.5) is 5.13 Å². The summed E-state index contributed by atoms with van der Waals surface area (Å²) in [6.45, 7) is 10.3. The Morgan fingerprint density at radius 2 is 2.19 bits per heavy atom. The number of hydrogen-bond acceptors (Lipinski definition) is 5. The van der Waals surface area contributed by atoms with Crippen LogP contribution < -0.4 is 10.2 Å². The van der Waals surface area contributed by atoms with Crippen LogP contribution in [0.5, 0.6) is 0 Å². The number of nitrogens with zero attached hydrogens (tertiary/aromatic N) is 2. The lowest BCUT2D eigenvalue weighted by Gasteiger charge is -2.20. The molecule has 0 aromatic carbocycles. The van der Waals surface area contributed by atoms with Gasteiger partial charge in [-0.25, -0.2) is 4.98 Å². The Morgan fingerprint density at radius 1 is 1.43 bits per heavy atom. The predicted octanol–water partition coefficient (Wildman–Crippen LogP) is 3.38. The van der Waals surface area contributed by atoms with E-state index in [2.05, 4.69) is 31.0 Å². The summed E-state index contributed by atoms with van der Waals surface area (Å²) in [6.07, 6.45) is 3.73. The van der Waals surface area contributed by atoms with Crippen molar-refractivity contribution in [1.29, 1.82) is 0 Å². The number of hydrogen-bond donors (Lipinski definition) is 1. The maximum absolute atomic E-state index is 5.27. The van der Waals surface area contributed by atoms with Gasteiger partial charge in [-0.05, 0) is 31.7 Å². The highest BCUT2D eigenvalue weighted by Gasteiger charge is 2.31. The van der Waals surface area contributed by atoms with Gasteiger partial charge in [0.15, 0.2) is 5.13 Å². The summed E-state index contributed by atoms with van der Waals surface area (Å²) in [5.74, 6) is 0.534. The Bertz CT molecular complexity index is 431. The molecule has 4 nitrogen and oxygen atoms in total. The molecule has 1 saturated carbocycles. The van der Waals surface area contributed by atoms with E-state index in [1.54, 1.807) is 7.11 Å². The molecule has 1 aliphatic rings. The molecule has 0 radical (unpaired) electrons. The molecule has 1 unspecified atom stereocenters. The lowest BCUT2D eigenvalue weighted by atomic mass is 10.0. The van der Waals surface area contributed by atoms with Crippen molar-refractivity contribution < 1.29 is 4.74 Å². The van der Waals surface area contributed by atoms with E-state index in [9.17, 15) is 0 Å². The third-order valence-electron chi connectivity index (χ3n) is 4.10. The quantitative estimate of drug-likeness (QED) is 0.719. The first-order chi connectivity index (χ1) is 10.2. The average Bonchev–Trinajstić information content (AvgIpc) is 3.24. The molecule has 1 N–H and O–H groups in total. The van der Waals surface area contributed by atoms with Crippen LogP contribution in [0.25, 0.3) is 0 Å². The van der Waals surface area contributed by atoms with Gasteiger partial charge in [0.1, 0.15) is 0 Å². The number of thiazole rings is 1. The monoisotopic (exact) mass is 311 g/mol. The summed E-state index contributed by atoms with van der Waals surface area (Å²) in [5.41, 5.74) is 1.29. The Kier molecular flexibility index (Phi) is 6.45. The highest BCUT2D eigenvalue weighted by Crippen LogP contribution is 2.37. The Morgan fingerprint density at radius 3 is 2.76 bits per heavy atom. The minimum Gasteiger partial charge on any atom is -0.383 e. The average molecular weight is 311 g/mol. The Hall–Kier alpha value is -0.650. The van der Waals surface area contributed by atoms with Gasteiger partial charge >= 0.3 is 0 Å². The summed E-state index contributed by atoms with van der Waals surface area (Å²) in [7, 11) is 1.77. The second-order valence-corrected chi connectivity index (χ2v) is 6.87. The Balaban J connectivity index is 2.18. The number of anilines is 1. The molecule has 1 aromatic rings. The lowest BCUT2D eigenvalue weighted by molar-refractivity contribution is 0.205. The number of ether oxygens (including phenoxy) is 1. The summed E-state index contributed by atoms with van der Waals surface area (Å²) in [5, 5.41) is 4.64. The summed E-state index contributed by atoms with van der Waals surface area (Å²) in [4.78, 5) is 8.86. The predicted molar refractivity (Wildman–Crippen MR) is 90.4 cm³/mol. The highest BCUT2D eigenvalue weighted by atomic mass is 32.1. The second-order valence-electron chi connectivity index (χ2n) is 5.81. The van der Waals surface area contributed by atoms with Crippen LogP contribution >= 0.6 is 11.3 Å². The molecule has 21 heavy (non-hydrogen) atoms. The SMILES string of the molecule is CCNCc1sc(N(CCOC)C2CC2)nc1C(C)CC. The zero-order valence-electron chi connectivity index (χ0n) is 13.8. The molecule has 1 fully saturated rings. The third-order valence-corrected chi connectivity index (χ3v) is 5.21. The van der Waals surface area contributed by atoms with Crippen molar-refractivity contribution in [2.75, 3.05) is 31.7 Å². The largest absolute Gasteiger partial charge is 0.383 e. The van der Waals surface area contributed by atoms with Crippen LogP contribution in [-0.4, -0.2) is 37.8 Å². The normalized spacial score (nSPS) is 16.2. The minimum absolute atomic E-state index is 0.534. The molecule has 1 aliphatic carbocycles. The van der Waals surface area contributed by atoms with Gasteiger partial charge in [-0.1, -0.05) is 20.8 Å². The van der Waals surface area contributed by atoms with Crippen LogP contribution in [0.2, 0.25) is 0 Å². The first kappa shape index (κ1) is 16.7. The fourth-order valence-corrected chi connectivity index (χ4v) is 3.67. The number of rotatable bonds is 10. The molecule has 0 spiro atoms. The van der Waals surface area contributed by atoms with Crippen LogP contribution in [0.15, 0.2) is 0 Å². The van der Waals surface area contributed by atoms with E-state index in [0.717, 1.165) is 32.7 Å². The smallest absolute Gasteiger partial charge is 0.186 e. The highest BCUT2D eigenvalue weighted by molar-refractivity contribution is 7.15. The molecule has 0 bridgehead atoms. The molecule has 0 amide bonds. The molecule has 1 atom stereocenters. The fourth-order valence-electron chi connectivity index (χ4n) is 2.43. The van der Waals surface area contributed by atoms with E-state index >= 15 is 0 Å². The van der Waals surface area contributed by atoms with E-state index in [-0.39, 0.29) is 0 Å². The van der Waals surface area contributed by atoms with Gasteiger partial charge < -0.3 is 15.0 Å². The van der Waals surface area contributed by atoms with Crippen LogP contribution in [0.3, 0.4) is 0 Å². The van der Waals surface area contributed by atoms with Crippen LogP contribution in [-0.2, 0) is 11.3 Å². The summed E-state index contributed by atoms with van der Waals surface area (Å²) in [6, 6.07) is 0.683. The molecular weight excluding hydrogens is 282 g/mol. The van der Waals surface area contributed by atoms with Gasteiger partial charge in [-0.15, -0.1) is 11.3 Å². The third kappa shape index (κ3) is 4.41. The van der Waals surface area contributed by atoms with Crippen molar-refractivity contribution in [2.24, 2.45) is 0 Å². The first-order valence-corrected chi connectivity index (χ1v) is 8.98. The maximum atomic E-state index is 5.27. The number of nitrogens with one attached hydrogen (secondary N) is 1. The van der Waals surface area contributed by atoms with Gasteiger partial charge in [-0.2, -0.15) is 0 Å². The molecular formula is C16H29N3OS. The van der Waals surface area contributed by atoms with Crippen LogP contribution in [0, 0.1) is 0 Å². The molecule has 0 saturated heterocycles. The molecule has 0 aliphatic heterocycles. The standard InChI is InChI=1S/C16H29N3OS/c1-5-12(3)15-14(11-17-6-2)21-16(18-15)19(9-10-20-4)13-7-8-13/h12-13,17H,5-11H2,1-4H3. The van der Waals surface area contributed by atoms with Crippen molar-refractivity contribution in [3.63, 3.8) is 0 Å². The topological polar surface area (TPSA) is 37.4 Å². The van der Waals surface area contributed by atoms with Gasteiger partial charge in [0.25, 0.3) is 0 Å². The fraction of sp³-hybridized carbons (Fsp3) is 0.812. The molecule has 120 valence electrons. The van der Waals surface area contributed by atoms with Crippen molar-refractivity contribution >= 4 is 16.5 Å². The summed E-state index contributed by atoms with van der Waals surface area (Å²) < 4.78 is 5.27. The molecule has 5 heteroatoms. The molecule has 1 heterocycles. The van der Waals surface area contributed by atoms with Crippen molar-refractivity contribution in [1.82, 2.24) is 10.3 Å². The van der Waals surface area contributed by atoms with E-state index < -0.39 is 0 Å². The minimum atomic E-state index is 0.534. The van der Waals surface area contributed by atoms with Gasteiger partial charge in [0, 0.05) is 31.1 Å². The Labute approximate surface area is 132 Å². The van der Waals surface area contributed by atoms with Gasteiger partial charge in [0.05, 0.1) is 12.3 Å². The lowest BCUT2D eigenvalue weighted by Crippen LogP contribution is -2.29. The van der Waals surface area contributed by atoms with E-state index in [4.69, 9.17) is 9.72 Å². The van der Waals surface area contributed by atoms with Crippen molar-refractivity contribution in [3.8, 4) is 0 Å². The van der Waals surface area contributed by atoms with E-state index in [1.807, 2.05) is 11.3 Å². The zero-order chi connectivity index (χ0) is 15.2. The molecule has 2 rings (SSSR count). The van der Waals surface area contributed by atoms with Gasteiger partial charge in [-0.3, -0.25) is 0 Å². The van der Waals surface area contributed by atoms with E-state index in [1.165, 1.54) is 28.5 Å². The van der Waals surface area contributed by atoms with Crippen molar-refractivity contribution in [2.45, 2.75) is 58.5 Å². The molecule has 1 aromatic heterocycles. The summed E-state index contributed by atoms with van der Waals surface area (Å²) >= 11 is 1.87. The number of aromatic nitrogens is 1. The van der Waals surface area contributed by atoms with Gasteiger partial charge in [0.2, 0.25) is 0 Å². The second kappa shape index (κ2) is 8.11. The zero-order valence-corrected chi connectivity index (χ0v) is 14.6. The maximum Gasteiger partial charge on any atom is 0.186 e. The van der Waals surface area contributed by atoms with Crippen LogP contribution in [0.1, 0.15) is 56.5 Å². The number of methoxy groups -OCH3 is 1.